The van der Waals surface area contributed by atoms with Crippen molar-refractivity contribution in [3.05, 3.63) is 0 Å². The van der Waals surface area contributed by atoms with Gasteiger partial charge in [0.1, 0.15) is 0 Å². The van der Waals surface area contributed by atoms with E-state index in [-0.39, 0.29) is 40.3 Å². The van der Waals surface area contributed by atoms with Crippen LogP contribution in [0.3, 0.4) is 0 Å². The smallest absolute Gasteiger partial charge is 0.155 e. The lowest BCUT2D eigenvalue weighted by molar-refractivity contribution is 0.283. The SMILES string of the molecule is CC(C)(C)[Si](N(N([Si](C(C)(C)C)C(C)(C)C)[Si](C(C)(C)C)C(C)(C)C)[Si](C(C)(C)C)C(C)(C)C)C(C)(C)C. The van der Waals surface area contributed by atoms with Crippen LogP contribution in [0, 0.1) is 0 Å². The van der Waals surface area contributed by atoms with Gasteiger partial charge in [0, 0.05) is 0 Å². The van der Waals surface area contributed by atoms with E-state index < -0.39 is 35.8 Å². The van der Waals surface area contributed by atoms with Gasteiger partial charge in [-0.05, 0) is 40.3 Å². The molecule has 0 spiro atoms. The third-order valence-electron chi connectivity index (χ3n) is 6.73. The molecule has 0 N–H and O–H groups in total. The number of nitrogens with zero attached hydrogens (tertiary/aromatic N) is 2. The Hall–Kier alpha value is 0.788. The fraction of sp³-hybridized carbons (Fsp3) is 1.00. The molecule has 0 bridgehead atoms. The molecule has 0 fully saturated rings. The molecule has 0 saturated carbocycles. The monoisotopic (exact) mass is 596 g/mol. The molecular weight excluding hydrogens is 525 g/mol. The van der Waals surface area contributed by atoms with Gasteiger partial charge in [0.25, 0.3) is 0 Å². The highest BCUT2D eigenvalue weighted by Crippen LogP contribution is 2.57. The highest BCUT2D eigenvalue weighted by atomic mass is 28.4. The van der Waals surface area contributed by atoms with Crippen LogP contribution in [0.25, 0.3) is 0 Å². The lowest BCUT2D eigenvalue weighted by atomic mass is 10.2. The second-order valence-electron chi connectivity index (χ2n) is 20.0. The zero-order valence-corrected chi connectivity index (χ0v) is 34.9. The molecule has 0 rings (SSSR count). The Morgan fingerprint density at radius 2 is 0.289 bits per heavy atom. The number of hydrazine groups is 1. The van der Waals surface area contributed by atoms with Gasteiger partial charge in [0.15, 0.2) is 35.8 Å². The van der Waals surface area contributed by atoms with Gasteiger partial charge in [-0.3, -0.25) is 8.68 Å². The molecule has 0 amide bonds. The van der Waals surface area contributed by atoms with Gasteiger partial charge in [0.2, 0.25) is 0 Å². The van der Waals surface area contributed by atoms with Crippen molar-refractivity contribution in [2.24, 2.45) is 0 Å². The predicted octanol–water partition coefficient (Wildman–Crippen LogP) is 11.9. The normalized spacial score (nSPS) is 16.3. The van der Waals surface area contributed by atoms with Crippen LogP contribution in [0.5, 0.6) is 0 Å². The molecule has 38 heavy (non-hydrogen) atoms. The van der Waals surface area contributed by atoms with Crippen molar-refractivity contribution in [3.8, 4) is 0 Å². The molecular formula is C32H72N2Si4. The summed E-state index contributed by atoms with van der Waals surface area (Å²) in [4.78, 5) is 0. The minimum atomic E-state index is -1.05. The van der Waals surface area contributed by atoms with E-state index >= 15 is 0 Å². The van der Waals surface area contributed by atoms with E-state index in [1.54, 1.807) is 0 Å². The zero-order chi connectivity index (χ0) is 31.5. The first-order valence-corrected chi connectivity index (χ1v) is 20.9. The highest BCUT2D eigenvalue weighted by molar-refractivity contribution is 6.85. The molecule has 4 radical (unpaired) electrons. The summed E-state index contributed by atoms with van der Waals surface area (Å²) in [6.07, 6.45) is 0. The van der Waals surface area contributed by atoms with Crippen LogP contribution < -0.4 is 0 Å². The van der Waals surface area contributed by atoms with Crippen LogP contribution >= 0.6 is 0 Å². The molecule has 0 aliphatic carbocycles. The lowest BCUT2D eigenvalue weighted by Gasteiger charge is -2.66. The second-order valence-corrected chi connectivity index (χ2v) is 37.4. The van der Waals surface area contributed by atoms with E-state index in [2.05, 4.69) is 175 Å². The average molecular weight is 597 g/mol. The summed E-state index contributed by atoms with van der Waals surface area (Å²) in [5.74, 6) is 0. The fourth-order valence-corrected chi connectivity index (χ4v) is 34.8. The Morgan fingerprint density at radius 3 is 0.342 bits per heavy atom. The quantitative estimate of drug-likeness (QED) is 0.230. The molecule has 0 atom stereocenters. The Morgan fingerprint density at radius 1 is 0.211 bits per heavy atom. The molecule has 0 unspecified atom stereocenters. The Kier molecular flexibility index (Phi) is 11.7. The Balaban J connectivity index is 8.59. The summed E-state index contributed by atoms with van der Waals surface area (Å²) in [7, 11) is -4.19. The average Bonchev–Trinajstić information content (AvgIpc) is 2.41. The summed E-state index contributed by atoms with van der Waals surface area (Å²) in [5, 5.41) is 1.88. The molecule has 0 aliphatic heterocycles. The van der Waals surface area contributed by atoms with Gasteiger partial charge in [-0.2, -0.15) is 0 Å². The van der Waals surface area contributed by atoms with E-state index in [0.29, 0.717) is 0 Å². The van der Waals surface area contributed by atoms with E-state index in [9.17, 15) is 0 Å². The van der Waals surface area contributed by atoms with Crippen LogP contribution in [0.2, 0.25) is 40.3 Å². The van der Waals surface area contributed by atoms with Crippen molar-refractivity contribution in [2.75, 3.05) is 0 Å². The van der Waals surface area contributed by atoms with Crippen molar-refractivity contribution in [2.45, 2.75) is 206 Å². The number of hydrogen-bond donors (Lipinski definition) is 0. The highest BCUT2D eigenvalue weighted by Gasteiger charge is 2.60. The van der Waals surface area contributed by atoms with Crippen LogP contribution in [0.4, 0.5) is 0 Å². The van der Waals surface area contributed by atoms with Gasteiger partial charge >= 0.3 is 0 Å². The summed E-state index contributed by atoms with van der Waals surface area (Å²) < 4.78 is 6.59. The molecule has 0 aromatic rings. The van der Waals surface area contributed by atoms with Gasteiger partial charge < -0.3 is 0 Å². The Labute approximate surface area is 250 Å². The zero-order valence-electron chi connectivity index (χ0n) is 30.9. The van der Waals surface area contributed by atoms with E-state index in [0.717, 1.165) is 0 Å². The van der Waals surface area contributed by atoms with Crippen LogP contribution in [0.15, 0.2) is 0 Å². The molecule has 0 saturated heterocycles. The summed E-state index contributed by atoms with van der Waals surface area (Å²) in [6, 6.07) is 0. The summed E-state index contributed by atoms with van der Waals surface area (Å²) in [5.41, 5.74) is 0. The van der Waals surface area contributed by atoms with Crippen molar-refractivity contribution in [1.29, 1.82) is 0 Å². The maximum Gasteiger partial charge on any atom is 0.155 e. The molecule has 0 aliphatic rings. The van der Waals surface area contributed by atoms with Gasteiger partial charge in [-0.15, -0.1) is 0 Å². The predicted molar refractivity (Wildman–Crippen MR) is 184 cm³/mol. The number of rotatable bonds is 5. The first-order valence-electron chi connectivity index (χ1n) is 15.1. The standard InChI is InChI=1S/C32H72N2Si4/c1-25(2,3)35(26(4,5)6)33(36(27(7,8)9)28(10,11)12)34(37(29(13,14)15)30(16,17)18)38(31(19,20)21)32(22,23)24/h1-24H3. The molecule has 2 nitrogen and oxygen atoms in total. The number of hydrogen-bond acceptors (Lipinski definition) is 2. The molecule has 0 heterocycles. The van der Waals surface area contributed by atoms with Crippen molar-refractivity contribution in [3.63, 3.8) is 0 Å². The lowest BCUT2D eigenvalue weighted by Crippen LogP contribution is -2.77. The molecule has 0 aromatic heterocycles. The van der Waals surface area contributed by atoms with Crippen molar-refractivity contribution in [1.82, 2.24) is 8.68 Å². The third-order valence-corrected chi connectivity index (χ3v) is 24.1. The van der Waals surface area contributed by atoms with Crippen molar-refractivity contribution >= 4 is 35.8 Å². The van der Waals surface area contributed by atoms with Crippen molar-refractivity contribution < 1.29 is 0 Å². The van der Waals surface area contributed by atoms with Crippen LogP contribution in [-0.2, 0) is 0 Å². The first-order chi connectivity index (χ1) is 16.0. The largest absolute Gasteiger partial charge is 0.294 e. The van der Waals surface area contributed by atoms with E-state index in [1.165, 1.54) is 0 Å². The molecule has 0 aromatic carbocycles. The summed E-state index contributed by atoms with van der Waals surface area (Å²) in [6.45, 7) is 61.4. The summed E-state index contributed by atoms with van der Waals surface area (Å²) >= 11 is 0. The minimum absolute atomic E-state index is 0.235. The van der Waals surface area contributed by atoms with Gasteiger partial charge in [0.05, 0.1) is 0 Å². The van der Waals surface area contributed by atoms with Crippen LogP contribution in [-0.4, -0.2) is 44.5 Å². The van der Waals surface area contributed by atoms with E-state index in [4.69, 9.17) is 0 Å². The Bertz CT molecular complexity index is 565. The molecule has 6 heteroatoms. The van der Waals surface area contributed by atoms with E-state index in [1.807, 2.05) is 0 Å². The maximum atomic E-state index is 3.30. The maximum absolute atomic E-state index is 3.30. The van der Waals surface area contributed by atoms with Crippen LogP contribution in [0.1, 0.15) is 166 Å². The van der Waals surface area contributed by atoms with Gasteiger partial charge in [-0.25, -0.2) is 0 Å². The minimum Gasteiger partial charge on any atom is -0.294 e. The first kappa shape index (κ1) is 38.8. The third kappa shape index (κ3) is 9.96. The topological polar surface area (TPSA) is 6.48 Å². The fourth-order valence-electron chi connectivity index (χ4n) is 7.67. The molecule has 226 valence electrons. The van der Waals surface area contributed by atoms with Gasteiger partial charge in [-0.1, -0.05) is 166 Å². The second kappa shape index (κ2) is 11.5.